The third-order valence-corrected chi connectivity index (χ3v) is 4.39. The molecule has 19 heavy (non-hydrogen) atoms. The van der Waals surface area contributed by atoms with Crippen molar-refractivity contribution in [3.05, 3.63) is 35.4 Å². The highest BCUT2D eigenvalue weighted by Gasteiger charge is 2.34. The Hall–Kier alpha value is -1.24. The number of unbranched alkanes of at least 4 members (excludes halogenated alkanes) is 1. The SMILES string of the molecule is CCCCC1c2cc(OC)ccc2C(C)=CC1(C)C. The van der Waals surface area contributed by atoms with Gasteiger partial charge in [-0.1, -0.05) is 45.8 Å². The molecule has 1 aromatic rings. The summed E-state index contributed by atoms with van der Waals surface area (Å²) < 4.78 is 5.42. The zero-order chi connectivity index (χ0) is 14.0. The van der Waals surface area contributed by atoms with Crippen molar-refractivity contribution >= 4 is 5.57 Å². The number of methoxy groups -OCH3 is 1. The quantitative estimate of drug-likeness (QED) is 0.701. The Labute approximate surface area is 117 Å². The Bertz CT molecular complexity index is 482. The molecule has 0 saturated carbocycles. The second-order valence-corrected chi connectivity index (χ2v) is 6.30. The summed E-state index contributed by atoms with van der Waals surface area (Å²) in [5.41, 5.74) is 4.51. The van der Waals surface area contributed by atoms with E-state index in [0.717, 1.165) is 5.75 Å². The van der Waals surface area contributed by atoms with Gasteiger partial charge in [-0.3, -0.25) is 0 Å². The predicted molar refractivity (Wildman–Crippen MR) is 82.7 cm³/mol. The molecule has 104 valence electrons. The lowest BCUT2D eigenvalue weighted by molar-refractivity contribution is 0.339. The van der Waals surface area contributed by atoms with E-state index < -0.39 is 0 Å². The number of hydrogen-bond acceptors (Lipinski definition) is 1. The minimum absolute atomic E-state index is 0.235. The van der Waals surface area contributed by atoms with Gasteiger partial charge in [0.1, 0.15) is 5.75 Å². The number of benzene rings is 1. The van der Waals surface area contributed by atoms with Crippen LogP contribution in [0.25, 0.3) is 5.57 Å². The summed E-state index contributed by atoms with van der Waals surface area (Å²) in [7, 11) is 1.75. The highest BCUT2D eigenvalue weighted by molar-refractivity contribution is 5.71. The molecule has 1 atom stereocenters. The summed E-state index contributed by atoms with van der Waals surface area (Å²) in [6.07, 6.45) is 6.25. The van der Waals surface area contributed by atoms with E-state index in [9.17, 15) is 0 Å². The van der Waals surface area contributed by atoms with Crippen molar-refractivity contribution in [3.8, 4) is 5.75 Å². The fraction of sp³-hybridized carbons (Fsp3) is 0.556. The van der Waals surface area contributed by atoms with Gasteiger partial charge < -0.3 is 4.74 Å². The maximum Gasteiger partial charge on any atom is 0.119 e. The number of allylic oxidation sites excluding steroid dienone is 2. The molecule has 0 saturated heterocycles. The number of ether oxygens (including phenoxy) is 1. The van der Waals surface area contributed by atoms with Gasteiger partial charge in [0.25, 0.3) is 0 Å². The monoisotopic (exact) mass is 258 g/mol. The molecule has 0 radical (unpaired) electrons. The van der Waals surface area contributed by atoms with E-state index in [1.807, 2.05) is 0 Å². The molecule has 1 aromatic carbocycles. The van der Waals surface area contributed by atoms with Crippen LogP contribution in [0.5, 0.6) is 5.75 Å². The van der Waals surface area contributed by atoms with E-state index in [1.165, 1.54) is 36.0 Å². The Morgan fingerprint density at radius 1 is 1.26 bits per heavy atom. The molecule has 1 aliphatic carbocycles. The minimum atomic E-state index is 0.235. The Morgan fingerprint density at radius 3 is 2.63 bits per heavy atom. The third-order valence-electron chi connectivity index (χ3n) is 4.39. The summed E-state index contributed by atoms with van der Waals surface area (Å²) in [5, 5.41) is 0. The van der Waals surface area contributed by atoms with Crippen molar-refractivity contribution in [3.63, 3.8) is 0 Å². The first-order valence-corrected chi connectivity index (χ1v) is 7.37. The van der Waals surface area contributed by atoms with E-state index in [4.69, 9.17) is 4.74 Å². The normalized spacial score (nSPS) is 20.7. The van der Waals surface area contributed by atoms with Crippen LogP contribution >= 0.6 is 0 Å². The summed E-state index contributed by atoms with van der Waals surface area (Å²) in [5.74, 6) is 1.58. The topological polar surface area (TPSA) is 9.23 Å². The molecular formula is C18H26O. The molecule has 1 nitrogen and oxygen atoms in total. The fourth-order valence-electron chi connectivity index (χ4n) is 3.39. The second-order valence-electron chi connectivity index (χ2n) is 6.30. The Kier molecular flexibility index (Phi) is 4.03. The van der Waals surface area contributed by atoms with E-state index in [2.05, 4.69) is 52.0 Å². The van der Waals surface area contributed by atoms with Crippen molar-refractivity contribution in [1.29, 1.82) is 0 Å². The first-order chi connectivity index (χ1) is 8.99. The highest BCUT2D eigenvalue weighted by atomic mass is 16.5. The molecule has 1 heteroatoms. The molecule has 0 aliphatic heterocycles. The van der Waals surface area contributed by atoms with Crippen molar-refractivity contribution in [2.45, 2.75) is 52.9 Å². The van der Waals surface area contributed by atoms with Gasteiger partial charge in [0.05, 0.1) is 7.11 Å². The molecule has 2 rings (SSSR count). The third kappa shape index (κ3) is 2.70. The molecule has 1 unspecified atom stereocenters. The van der Waals surface area contributed by atoms with Gasteiger partial charge in [-0.2, -0.15) is 0 Å². The number of rotatable bonds is 4. The summed E-state index contributed by atoms with van der Waals surface area (Å²) in [6.45, 7) is 9.21. The number of fused-ring (bicyclic) bond motifs is 1. The van der Waals surface area contributed by atoms with E-state index >= 15 is 0 Å². The van der Waals surface area contributed by atoms with Gasteiger partial charge in [0.15, 0.2) is 0 Å². The van der Waals surface area contributed by atoms with Crippen LogP contribution in [0.2, 0.25) is 0 Å². The van der Waals surface area contributed by atoms with E-state index in [-0.39, 0.29) is 5.41 Å². The lowest BCUT2D eigenvalue weighted by Crippen LogP contribution is -2.24. The molecule has 0 fully saturated rings. The van der Waals surface area contributed by atoms with Crippen LogP contribution in [0.1, 0.15) is 64.0 Å². The fourth-order valence-corrected chi connectivity index (χ4v) is 3.39. The standard InChI is InChI=1S/C18H26O/c1-6-7-8-17-16-11-14(19-5)9-10-15(16)13(2)12-18(17,3)4/h9-12,17H,6-8H2,1-5H3. The van der Waals surface area contributed by atoms with Crippen LogP contribution in [0, 0.1) is 5.41 Å². The summed E-state index contributed by atoms with van der Waals surface area (Å²) >= 11 is 0. The minimum Gasteiger partial charge on any atom is -0.497 e. The number of hydrogen-bond donors (Lipinski definition) is 0. The molecule has 0 amide bonds. The molecule has 1 aliphatic rings. The van der Waals surface area contributed by atoms with Gasteiger partial charge in [0.2, 0.25) is 0 Å². The first kappa shape index (κ1) is 14.2. The second kappa shape index (κ2) is 5.40. The van der Waals surface area contributed by atoms with Crippen LogP contribution in [0.15, 0.2) is 24.3 Å². The van der Waals surface area contributed by atoms with E-state index in [1.54, 1.807) is 7.11 Å². The van der Waals surface area contributed by atoms with Gasteiger partial charge in [-0.25, -0.2) is 0 Å². The van der Waals surface area contributed by atoms with Crippen molar-refractivity contribution in [1.82, 2.24) is 0 Å². The Balaban J connectivity index is 2.48. The van der Waals surface area contributed by atoms with Gasteiger partial charge >= 0.3 is 0 Å². The average Bonchev–Trinajstić information content (AvgIpc) is 2.37. The van der Waals surface area contributed by atoms with Gasteiger partial charge in [0, 0.05) is 0 Å². The molecule has 0 spiro atoms. The highest BCUT2D eigenvalue weighted by Crippen LogP contribution is 2.48. The van der Waals surface area contributed by atoms with Crippen molar-refractivity contribution in [2.75, 3.05) is 7.11 Å². The van der Waals surface area contributed by atoms with Crippen molar-refractivity contribution in [2.24, 2.45) is 5.41 Å². The summed E-state index contributed by atoms with van der Waals surface area (Å²) in [4.78, 5) is 0. The van der Waals surface area contributed by atoms with Gasteiger partial charge in [-0.05, 0) is 53.5 Å². The lowest BCUT2D eigenvalue weighted by atomic mass is 9.66. The van der Waals surface area contributed by atoms with Crippen LogP contribution in [-0.4, -0.2) is 7.11 Å². The van der Waals surface area contributed by atoms with Gasteiger partial charge in [-0.15, -0.1) is 0 Å². The largest absolute Gasteiger partial charge is 0.497 e. The zero-order valence-electron chi connectivity index (χ0n) is 12.9. The molecule has 0 heterocycles. The van der Waals surface area contributed by atoms with Crippen LogP contribution < -0.4 is 4.74 Å². The molecule has 0 N–H and O–H groups in total. The van der Waals surface area contributed by atoms with E-state index in [0.29, 0.717) is 5.92 Å². The maximum absolute atomic E-state index is 5.42. The van der Waals surface area contributed by atoms with Crippen molar-refractivity contribution < 1.29 is 4.74 Å². The summed E-state index contributed by atoms with van der Waals surface area (Å²) in [6, 6.07) is 6.54. The predicted octanol–water partition coefficient (Wildman–Crippen LogP) is 5.41. The maximum atomic E-state index is 5.42. The zero-order valence-corrected chi connectivity index (χ0v) is 12.9. The van der Waals surface area contributed by atoms with Crippen LogP contribution in [0.3, 0.4) is 0 Å². The molecule has 0 aromatic heterocycles. The average molecular weight is 258 g/mol. The lowest BCUT2D eigenvalue weighted by Gasteiger charge is -2.38. The van der Waals surface area contributed by atoms with Crippen LogP contribution in [-0.2, 0) is 0 Å². The van der Waals surface area contributed by atoms with Crippen LogP contribution in [0.4, 0.5) is 0 Å². The Morgan fingerprint density at radius 2 is 2.00 bits per heavy atom. The molecular weight excluding hydrogens is 232 g/mol. The smallest absolute Gasteiger partial charge is 0.119 e. The molecule has 0 bridgehead atoms. The first-order valence-electron chi connectivity index (χ1n) is 7.37.